The summed E-state index contributed by atoms with van der Waals surface area (Å²) in [6.45, 7) is 4.01. The first-order valence-electron chi connectivity index (χ1n) is 11.7. The number of aryl methyl sites for hydroxylation is 2. The van der Waals surface area contributed by atoms with Crippen LogP contribution in [0, 0.1) is 6.92 Å². The molecule has 8 heteroatoms. The Kier molecular flexibility index (Phi) is 6.51. The molecule has 0 atom stereocenters. The zero-order chi connectivity index (χ0) is 24.4. The van der Waals surface area contributed by atoms with Crippen molar-refractivity contribution in [2.75, 3.05) is 6.54 Å². The van der Waals surface area contributed by atoms with Crippen LogP contribution >= 0.6 is 11.6 Å². The van der Waals surface area contributed by atoms with Crippen molar-refractivity contribution >= 4 is 17.5 Å². The van der Waals surface area contributed by atoms with E-state index in [2.05, 4.69) is 9.97 Å². The lowest BCUT2D eigenvalue weighted by Gasteiger charge is -2.31. The van der Waals surface area contributed by atoms with Gasteiger partial charge in [0.2, 0.25) is 5.91 Å². The van der Waals surface area contributed by atoms with Gasteiger partial charge in [0.15, 0.2) is 0 Å². The van der Waals surface area contributed by atoms with Crippen molar-refractivity contribution in [2.24, 2.45) is 0 Å². The van der Waals surface area contributed by atoms with Gasteiger partial charge in [0, 0.05) is 79.1 Å². The average molecular weight is 488 g/mol. The Morgan fingerprint density at radius 1 is 1.09 bits per heavy atom. The van der Waals surface area contributed by atoms with Crippen molar-refractivity contribution in [3.8, 4) is 11.1 Å². The molecule has 178 valence electrons. The highest BCUT2D eigenvalue weighted by atomic mass is 35.5. The van der Waals surface area contributed by atoms with Gasteiger partial charge in [0.1, 0.15) is 5.82 Å². The molecule has 1 aliphatic rings. The highest BCUT2D eigenvalue weighted by Crippen LogP contribution is 2.29. The molecule has 0 bridgehead atoms. The van der Waals surface area contributed by atoms with E-state index < -0.39 is 0 Å². The normalized spacial score (nSPS) is 13.0. The molecule has 0 spiro atoms. The van der Waals surface area contributed by atoms with Gasteiger partial charge < -0.3 is 14.0 Å². The Balaban J connectivity index is 1.49. The molecule has 0 saturated heterocycles. The predicted octanol–water partition coefficient (Wildman–Crippen LogP) is 4.09. The smallest absolute Gasteiger partial charge is 0.259 e. The summed E-state index contributed by atoms with van der Waals surface area (Å²) in [6, 6.07) is 13.1. The second-order valence-electron chi connectivity index (χ2n) is 8.74. The van der Waals surface area contributed by atoms with Gasteiger partial charge in [0.05, 0.1) is 6.54 Å². The van der Waals surface area contributed by atoms with Crippen molar-refractivity contribution in [1.29, 1.82) is 0 Å². The van der Waals surface area contributed by atoms with Gasteiger partial charge in [-0.2, -0.15) is 0 Å². The molecule has 1 aliphatic heterocycles. The highest BCUT2D eigenvalue weighted by Gasteiger charge is 2.25. The molecule has 1 aromatic carbocycles. The second kappa shape index (κ2) is 9.88. The molecule has 7 nitrogen and oxygen atoms in total. The number of nitrogens with zero attached hydrogens (tertiary/aromatic N) is 5. The summed E-state index contributed by atoms with van der Waals surface area (Å²) in [4.78, 5) is 36.9. The largest absolute Gasteiger partial charge is 0.338 e. The maximum absolute atomic E-state index is 13.7. The number of carbonyl (C=O) groups is 1. The SMILES string of the molecule is Cc1nccn1CCC(=O)N1CCc2c(cc(-c3ccccc3Cl)c(=O)n2Cc2ccncc2)C1. The van der Waals surface area contributed by atoms with Crippen LogP contribution in [0.15, 0.2) is 72.0 Å². The number of hydrogen-bond acceptors (Lipinski definition) is 4. The molecule has 0 saturated carbocycles. The summed E-state index contributed by atoms with van der Waals surface area (Å²) in [5, 5.41) is 0.527. The van der Waals surface area contributed by atoms with E-state index in [1.54, 1.807) is 24.7 Å². The van der Waals surface area contributed by atoms with Crippen LogP contribution in [-0.4, -0.2) is 36.5 Å². The number of hydrogen-bond donors (Lipinski definition) is 0. The van der Waals surface area contributed by atoms with Gasteiger partial charge in [-0.25, -0.2) is 4.98 Å². The van der Waals surface area contributed by atoms with Crippen LogP contribution in [0.5, 0.6) is 0 Å². The number of imidazole rings is 1. The van der Waals surface area contributed by atoms with E-state index in [1.165, 1.54) is 0 Å². The Labute approximate surface area is 208 Å². The highest BCUT2D eigenvalue weighted by molar-refractivity contribution is 6.33. The number of aromatic nitrogens is 4. The number of benzene rings is 1. The lowest BCUT2D eigenvalue weighted by atomic mass is 9.98. The van der Waals surface area contributed by atoms with Crippen LogP contribution in [0.2, 0.25) is 5.02 Å². The van der Waals surface area contributed by atoms with Crippen LogP contribution in [0.4, 0.5) is 0 Å². The van der Waals surface area contributed by atoms with Crippen molar-refractivity contribution in [1.82, 2.24) is 24.0 Å². The molecule has 0 N–H and O–H groups in total. The second-order valence-corrected chi connectivity index (χ2v) is 9.15. The predicted molar refractivity (Wildman–Crippen MR) is 135 cm³/mol. The summed E-state index contributed by atoms with van der Waals surface area (Å²) in [5.74, 6) is 0.987. The molecule has 4 aromatic rings. The van der Waals surface area contributed by atoms with Crippen molar-refractivity contribution in [3.63, 3.8) is 0 Å². The monoisotopic (exact) mass is 487 g/mol. The Morgan fingerprint density at radius 2 is 1.89 bits per heavy atom. The molecule has 5 rings (SSSR count). The molecule has 0 aliphatic carbocycles. The van der Waals surface area contributed by atoms with Crippen molar-refractivity contribution < 1.29 is 4.79 Å². The van der Waals surface area contributed by atoms with Crippen LogP contribution < -0.4 is 5.56 Å². The molecule has 1 amide bonds. The van der Waals surface area contributed by atoms with Gasteiger partial charge in [-0.1, -0.05) is 29.8 Å². The van der Waals surface area contributed by atoms with Gasteiger partial charge >= 0.3 is 0 Å². The van der Waals surface area contributed by atoms with E-state index in [9.17, 15) is 9.59 Å². The minimum atomic E-state index is -0.0796. The summed E-state index contributed by atoms with van der Waals surface area (Å²) in [6.07, 6.45) is 8.12. The van der Waals surface area contributed by atoms with E-state index in [4.69, 9.17) is 11.6 Å². The van der Waals surface area contributed by atoms with Gasteiger partial charge in [-0.15, -0.1) is 0 Å². The lowest BCUT2D eigenvalue weighted by molar-refractivity contribution is -0.132. The van der Waals surface area contributed by atoms with Gasteiger partial charge in [0.25, 0.3) is 5.56 Å². The number of rotatable bonds is 6. The standard InChI is InChI=1S/C27H26ClN5O2/c1-19-30-12-15-31(19)14-9-26(34)32-13-8-25-21(18-32)16-23(22-4-2-3-5-24(22)28)27(35)33(25)17-20-6-10-29-11-7-20/h2-7,10-12,15-16H,8-9,13-14,17-18H2,1H3. The van der Waals surface area contributed by atoms with Gasteiger partial charge in [-0.3, -0.25) is 14.6 Å². The van der Waals surface area contributed by atoms with E-state index >= 15 is 0 Å². The Hall–Kier alpha value is -3.71. The molecule has 0 radical (unpaired) electrons. The summed E-state index contributed by atoms with van der Waals surface area (Å²) in [5.41, 5.74) is 4.11. The van der Waals surface area contributed by atoms with E-state index in [-0.39, 0.29) is 11.5 Å². The first-order valence-corrected chi connectivity index (χ1v) is 12.0. The van der Waals surface area contributed by atoms with Crippen molar-refractivity contribution in [3.05, 3.63) is 105 Å². The zero-order valence-corrected chi connectivity index (χ0v) is 20.3. The lowest BCUT2D eigenvalue weighted by Crippen LogP contribution is -2.40. The third-order valence-electron chi connectivity index (χ3n) is 6.57. The minimum absolute atomic E-state index is 0.0796. The van der Waals surface area contributed by atoms with Crippen LogP contribution in [0.25, 0.3) is 11.1 Å². The molecular weight excluding hydrogens is 462 g/mol. The van der Waals surface area contributed by atoms with Crippen LogP contribution in [0.3, 0.4) is 0 Å². The third-order valence-corrected chi connectivity index (χ3v) is 6.90. The Bertz CT molecular complexity index is 1430. The number of amides is 1. The fourth-order valence-corrected chi connectivity index (χ4v) is 4.89. The molecular formula is C27H26ClN5O2. The summed E-state index contributed by atoms with van der Waals surface area (Å²) >= 11 is 6.48. The van der Waals surface area contributed by atoms with E-state index in [0.717, 1.165) is 22.6 Å². The number of carbonyl (C=O) groups excluding carboxylic acids is 1. The fraction of sp³-hybridized carbons (Fsp3) is 0.259. The number of fused-ring (bicyclic) bond motifs is 1. The number of pyridine rings is 2. The quantitative estimate of drug-likeness (QED) is 0.410. The molecule has 3 aromatic heterocycles. The summed E-state index contributed by atoms with van der Waals surface area (Å²) < 4.78 is 3.82. The first kappa shape index (κ1) is 23.1. The van der Waals surface area contributed by atoms with E-state index in [0.29, 0.717) is 55.2 Å². The van der Waals surface area contributed by atoms with E-state index in [1.807, 2.05) is 63.6 Å². The van der Waals surface area contributed by atoms with Crippen molar-refractivity contribution in [2.45, 2.75) is 39.4 Å². The fourth-order valence-electron chi connectivity index (χ4n) is 4.66. The van der Waals surface area contributed by atoms with Crippen LogP contribution in [0.1, 0.15) is 29.1 Å². The summed E-state index contributed by atoms with van der Waals surface area (Å²) in [7, 11) is 0. The maximum Gasteiger partial charge on any atom is 0.259 e. The molecule has 35 heavy (non-hydrogen) atoms. The molecule has 0 fully saturated rings. The zero-order valence-electron chi connectivity index (χ0n) is 19.5. The average Bonchev–Trinajstić information content (AvgIpc) is 3.29. The minimum Gasteiger partial charge on any atom is -0.338 e. The number of halogens is 1. The van der Waals surface area contributed by atoms with Crippen LogP contribution in [-0.2, 0) is 30.8 Å². The van der Waals surface area contributed by atoms with Gasteiger partial charge in [-0.05, 0) is 42.3 Å². The molecule has 0 unspecified atom stereocenters. The molecule has 4 heterocycles. The Morgan fingerprint density at radius 3 is 2.63 bits per heavy atom. The first-order chi connectivity index (χ1) is 17.0. The third kappa shape index (κ3) is 4.77. The topological polar surface area (TPSA) is 73.0 Å². The maximum atomic E-state index is 13.7.